The Morgan fingerprint density at radius 2 is 2.33 bits per heavy atom. The summed E-state index contributed by atoms with van der Waals surface area (Å²) in [5, 5.41) is 0. The summed E-state index contributed by atoms with van der Waals surface area (Å²) in [6, 6.07) is 0. The molecule has 0 radical (unpaired) electrons. The average molecular weight is 87.1 g/mol. The first-order chi connectivity index (χ1) is 2.84. The summed E-state index contributed by atoms with van der Waals surface area (Å²) in [7, 11) is 0. The molecule has 2 N–H and O–H groups in total. The Hall–Kier alpha value is -0.0800. The lowest BCUT2D eigenvalue weighted by molar-refractivity contribution is 0.113. The van der Waals surface area contributed by atoms with Gasteiger partial charge in [-0.15, -0.1) is 0 Å². The molecule has 2 heteroatoms. The van der Waals surface area contributed by atoms with Crippen LogP contribution in [0.4, 0.5) is 0 Å². The molecule has 0 aliphatic heterocycles. The molecule has 0 aromatic heterocycles. The summed E-state index contributed by atoms with van der Waals surface area (Å²) in [5.74, 6) is 5.54. The van der Waals surface area contributed by atoms with Crippen molar-refractivity contribution in [2.75, 3.05) is 0 Å². The predicted molar refractivity (Wildman–Crippen MR) is 22.8 cm³/mol. The molecule has 1 rings (SSSR count). The third kappa shape index (κ3) is 0.533. The first-order valence-corrected chi connectivity index (χ1v) is 2.20. The smallest absolute Gasteiger partial charge is 0.0817 e. The first kappa shape index (κ1) is 4.09. The standard InChI is InChI=1S/C4H9NO/c1-3-2-4(3)6-5/h3-4H,2,5H2,1H3. The van der Waals surface area contributed by atoms with Gasteiger partial charge in [0.2, 0.25) is 0 Å². The molecule has 0 aromatic rings. The Bertz CT molecular complexity index is 53.5. The van der Waals surface area contributed by atoms with Crippen LogP contribution in [-0.2, 0) is 4.84 Å². The normalized spacial score (nSPS) is 43.0. The molecule has 2 unspecified atom stereocenters. The third-order valence-corrected chi connectivity index (χ3v) is 1.21. The van der Waals surface area contributed by atoms with Crippen molar-refractivity contribution in [2.45, 2.75) is 19.4 Å². The number of hydrogen-bond acceptors (Lipinski definition) is 2. The van der Waals surface area contributed by atoms with Crippen molar-refractivity contribution < 1.29 is 4.84 Å². The second kappa shape index (κ2) is 1.21. The Morgan fingerprint density at radius 1 is 1.83 bits per heavy atom. The highest BCUT2D eigenvalue weighted by molar-refractivity contribution is 4.82. The average Bonchev–Trinajstić information content (AvgIpc) is 2.19. The van der Waals surface area contributed by atoms with Gasteiger partial charge < -0.3 is 4.84 Å². The van der Waals surface area contributed by atoms with Crippen molar-refractivity contribution in [3.63, 3.8) is 0 Å². The van der Waals surface area contributed by atoms with Gasteiger partial charge >= 0.3 is 0 Å². The van der Waals surface area contributed by atoms with Gasteiger partial charge in [0, 0.05) is 0 Å². The van der Waals surface area contributed by atoms with Crippen LogP contribution in [0.3, 0.4) is 0 Å². The summed E-state index contributed by atoms with van der Waals surface area (Å²) in [6.45, 7) is 2.12. The van der Waals surface area contributed by atoms with Crippen molar-refractivity contribution in [1.29, 1.82) is 0 Å². The first-order valence-electron chi connectivity index (χ1n) is 2.20. The van der Waals surface area contributed by atoms with Crippen LogP contribution in [0.15, 0.2) is 0 Å². The maximum atomic E-state index is 4.82. The number of rotatable bonds is 1. The minimum atomic E-state index is 0.380. The van der Waals surface area contributed by atoms with Gasteiger partial charge in [0.1, 0.15) is 0 Å². The van der Waals surface area contributed by atoms with E-state index in [1.54, 1.807) is 0 Å². The minimum Gasteiger partial charge on any atom is -0.301 e. The molecule has 6 heavy (non-hydrogen) atoms. The highest BCUT2D eigenvalue weighted by atomic mass is 16.6. The minimum absolute atomic E-state index is 0.380. The number of nitrogens with two attached hydrogens (primary N) is 1. The van der Waals surface area contributed by atoms with E-state index in [0.29, 0.717) is 6.10 Å². The van der Waals surface area contributed by atoms with Gasteiger partial charge in [-0.25, -0.2) is 5.90 Å². The summed E-state index contributed by atoms with van der Waals surface area (Å²) in [6.07, 6.45) is 1.53. The summed E-state index contributed by atoms with van der Waals surface area (Å²) >= 11 is 0. The van der Waals surface area contributed by atoms with Crippen molar-refractivity contribution in [3.05, 3.63) is 0 Å². The molecular weight excluding hydrogens is 78.0 g/mol. The van der Waals surface area contributed by atoms with E-state index in [1.807, 2.05) is 0 Å². The van der Waals surface area contributed by atoms with E-state index in [-0.39, 0.29) is 0 Å². The highest BCUT2D eigenvalue weighted by Crippen LogP contribution is 2.30. The molecule has 2 nitrogen and oxygen atoms in total. The molecule has 1 fully saturated rings. The van der Waals surface area contributed by atoms with E-state index in [9.17, 15) is 0 Å². The fourth-order valence-electron chi connectivity index (χ4n) is 0.478. The van der Waals surface area contributed by atoms with Gasteiger partial charge in [0.25, 0.3) is 0 Å². The van der Waals surface area contributed by atoms with Crippen molar-refractivity contribution >= 4 is 0 Å². The maximum absolute atomic E-state index is 4.82. The van der Waals surface area contributed by atoms with E-state index in [2.05, 4.69) is 11.8 Å². The van der Waals surface area contributed by atoms with E-state index in [0.717, 1.165) is 12.3 Å². The largest absolute Gasteiger partial charge is 0.301 e. The predicted octanol–water partition coefficient (Wildman–Crippen LogP) is 0.285. The lowest BCUT2D eigenvalue weighted by Gasteiger charge is -1.84. The van der Waals surface area contributed by atoms with E-state index >= 15 is 0 Å². The second-order valence-electron chi connectivity index (χ2n) is 1.89. The Labute approximate surface area is 37.2 Å². The zero-order valence-corrected chi connectivity index (χ0v) is 3.85. The quantitative estimate of drug-likeness (QED) is 0.466. The molecule has 0 heterocycles. The van der Waals surface area contributed by atoms with E-state index in [1.165, 1.54) is 0 Å². The molecule has 0 amide bonds. The van der Waals surface area contributed by atoms with E-state index < -0.39 is 0 Å². The van der Waals surface area contributed by atoms with Crippen molar-refractivity contribution in [1.82, 2.24) is 0 Å². The lowest BCUT2D eigenvalue weighted by atomic mass is 10.5. The monoisotopic (exact) mass is 87.1 g/mol. The van der Waals surface area contributed by atoms with Gasteiger partial charge in [0.05, 0.1) is 6.10 Å². The third-order valence-electron chi connectivity index (χ3n) is 1.21. The van der Waals surface area contributed by atoms with Crippen LogP contribution in [0, 0.1) is 5.92 Å². The Kier molecular flexibility index (Phi) is 0.821. The fraction of sp³-hybridized carbons (Fsp3) is 1.00. The topological polar surface area (TPSA) is 35.2 Å². The highest BCUT2D eigenvalue weighted by Gasteiger charge is 2.32. The van der Waals surface area contributed by atoms with Crippen LogP contribution < -0.4 is 5.90 Å². The molecule has 0 spiro atoms. The van der Waals surface area contributed by atoms with E-state index in [4.69, 9.17) is 5.90 Å². The van der Waals surface area contributed by atoms with Gasteiger partial charge in [0.15, 0.2) is 0 Å². The summed E-state index contributed by atoms with van der Waals surface area (Å²) < 4.78 is 0. The molecule has 0 saturated heterocycles. The SMILES string of the molecule is CC1CC1ON. The molecule has 1 aliphatic carbocycles. The molecule has 0 bridgehead atoms. The van der Waals surface area contributed by atoms with Crippen LogP contribution in [0.25, 0.3) is 0 Å². The van der Waals surface area contributed by atoms with Crippen LogP contribution in [0.5, 0.6) is 0 Å². The Morgan fingerprint density at radius 3 is 2.33 bits per heavy atom. The lowest BCUT2D eigenvalue weighted by Crippen LogP contribution is -2.01. The zero-order chi connectivity index (χ0) is 4.57. The van der Waals surface area contributed by atoms with Gasteiger partial charge in [-0.3, -0.25) is 0 Å². The molecule has 0 aromatic carbocycles. The Balaban J connectivity index is 2.09. The molecule has 1 saturated carbocycles. The summed E-state index contributed by atoms with van der Waals surface area (Å²) in [4.78, 5) is 4.47. The molecule has 2 atom stereocenters. The van der Waals surface area contributed by atoms with Crippen LogP contribution in [-0.4, -0.2) is 6.10 Å². The van der Waals surface area contributed by atoms with Crippen molar-refractivity contribution in [2.24, 2.45) is 11.8 Å². The molecule has 1 aliphatic rings. The van der Waals surface area contributed by atoms with Gasteiger partial charge in [-0.1, -0.05) is 6.92 Å². The zero-order valence-electron chi connectivity index (χ0n) is 3.85. The van der Waals surface area contributed by atoms with Gasteiger partial charge in [-0.05, 0) is 12.3 Å². The van der Waals surface area contributed by atoms with Crippen LogP contribution in [0.1, 0.15) is 13.3 Å². The van der Waals surface area contributed by atoms with Crippen LogP contribution >= 0.6 is 0 Å². The second-order valence-corrected chi connectivity index (χ2v) is 1.89. The maximum Gasteiger partial charge on any atom is 0.0817 e. The number of hydrogen-bond donors (Lipinski definition) is 1. The van der Waals surface area contributed by atoms with Gasteiger partial charge in [-0.2, -0.15) is 0 Å². The molecule has 36 valence electrons. The van der Waals surface area contributed by atoms with Crippen LogP contribution in [0.2, 0.25) is 0 Å². The molecular formula is C4H9NO. The summed E-state index contributed by atoms with van der Waals surface area (Å²) in [5.41, 5.74) is 0. The van der Waals surface area contributed by atoms with Crippen molar-refractivity contribution in [3.8, 4) is 0 Å². The fourth-order valence-corrected chi connectivity index (χ4v) is 0.478.